The number of para-hydroxylation sites is 1. The second kappa shape index (κ2) is 13.1. The molecule has 0 radical (unpaired) electrons. The van der Waals surface area contributed by atoms with E-state index in [9.17, 15) is 14.0 Å². The third-order valence-electron chi connectivity index (χ3n) is 6.83. The predicted molar refractivity (Wildman–Crippen MR) is 162 cm³/mol. The lowest BCUT2D eigenvalue weighted by molar-refractivity contribution is -0.139. The summed E-state index contributed by atoms with van der Waals surface area (Å²) in [5.41, 5.74) is 2.65. The highest BCUT2D eigenvalue weighted by Gasteiger charge is 2.36. The molecule has 222 valence electrons. The number of hydrogen-bond acceptors (Lipinski definition) is 8. The molecule has 0 unspecified atom stereocenters. The molecule has 5 rings (SSSR count). The second-order valence-electron chi connectivity index (χ2n) is 9.60. The van der Waals surface area contributed by atoms with E-state index in [1.54, 1.807) is 51.3 Å². The molecule has 8 nitrogen and oxygen atoms in total. The van der Waals surface area contributed by atoms with Crippen LogP contribution >= 0.6 is 11.3 Å². The number of halogens is 1. The number of thiazole rings is 1. The highest BCUT2D eigenvalue weighted by atomic mass is 32.1. The average Bonchev–Trinajstić information content (AvgIpc) is 3.31. The number of allylic oxidation sites excluding steroid dienone is 1. The molecule has 1 aliphatic rings. The van der Waals surface area contributed by atoms with Crippen molar-refractivity contribution in [2.75, 3.05) is 20.3 Å². The molecule has 3 aromatic carbocycles. The summed E-state index contributed by atoms with van der Waals surface area (Å²) in [4.78, 5) is 32.4. The number of fused-ring (bicyclic) bond motifs is 1. The Balaban J connectivity index is 1.55. The van der Waals surface area contributed by atoms with E-state index in [-0.39, 0.29) is 23.6 Å². The standard InChI is InChI=1S/C33H31FN2O6S/c1-5-40-30-25(8-7-9-26(30)39-4)29-28(32(38)41-6-2)20(3)35-33-36(29)31(37)27(43-33)18-21-12-16-24(17-13-21)42-19-22-10-14-23(34)15-11-22/h7-18,29H,5-6,19H2,1-4H3/t29-/m0/s1. The molecule has 1 atom stereocenters. The van der Waals surface area contributed by atoms with E-state index in [0.29, 0.717) is 51.1 Å². The van der Waals surface area contributed by atoms with Crippen LogP contribution in [0.4, 0.5) is 4.39 Å². The minimum atomic E-state index is -0.837. The number of carbonyl (C=O) groups is 1. The van der Waals surface area contributed by atoms with E-state index in [4.69, 9.17) is 18.9 Å². The van der Waals surface area contributed by atoms with Crippen LogP contribution < -0.4 is 29.1 Å². The smallest absolute Gasteiger partial charge is 0.338 e. The molecule has 2 heterocycles. The highest BCUT2D eigenvalue weighted by Crippen LogP contribution is 2.40. The average molecular weight is 603 g/mol. The monoisotopic (exact) mass is 602 g/mol. The van der Waals surface area contributed by atoms with Crippen molar-refractivity contribution in [1.29, 1.82) is 0 Å². The van der Waals surface area contributed by atoms with Crippen LogP contribution in [0.2, 0.25) is 0 Å². The van der Waals surface area contributed by atoms with E-state index in [2.05, 4.69) is 4.99 Å². The van der Waals surface area contributed by atoms with Crippen LogP contribution in [0.25, 0.3) is 6.08 Å². The topological polar surface area (TPSA) is 88.4 Å². The number of nitrogens with zero attached hydrogens (tertiary/aromatic N) is 2. The Morgan fingerprint density at radius 3 is 2.44 bits per heavy atom. The zero-order valence-corrected chi connectivity index (χ0v) is 25.1. The molecule has 0 N–H and O–H groups in total. The number of methoxy groups -OCH3 is 1. The maximum Gasteiger partial charge on any atom is 0.338 e. The molecule has 4 aromatic rings. The van der Waals surface area contributed by atoms with Crippen LogP contribution in [0.1, 0.15) is 43.5 Å². The largest absolute Gasteiger partial charge is 0.493 e. The minimum absolute atomic E-state index is 0.173. The van der Waals surface area contributed by atoms with Crippen LogP contribution in [0.15, 0.2) is 87.8 Å². The molecule has 1 aromatic heterocycles. The molecule has 43 heavy (non-hydrogen) atoms. The summed E-state index contributed by atoms with van der Waals surface area (Å²) in [6.07, 6.45) is 1.78. The van der Waals surface area contributed by atoms with Crippen molar-refractivity contribution in [2.45, 2.75) is 33.4 Å². The maximum absolute atomic E-state index is 14.0. The van der Waals surface area contributed by atoms with E-state index >= 15 is 0 Å². The first-order valence-corrected chi connectivity index (χ1v) is 14.6. The first-order chi connectivity index (χ1) is 20.8. The van der Waals surface area contributed by atoms with Gasteiger partial charge in [-0.15, -0.1) is 0 Å². The lowest BCUT2D eigenvalue weighted by atomic mass is 9.94. The molecule has 0 amide bonds. The molecule has 0 saturated heterocycles. The third kappa shape index (κ3) is 6.24. The number of rotatable bonds is 10. The van der Waals surface area contributed by atoms with Gasteiger partial charge < -0.3 is 18.9 Å². The molecule has 1 aliphatic heterocycles. The fraction of sp³-hybridized carbons (Fsp3) is 0.242. The van der Waals surface area contributed by atoms with Crippen LogP contribution in [-0.4, -0.2) is 30.9 Å². The summed E-state index contributed by atoms with van der Waals surface area (Å²) in [5.74, 6) is 0.722. The van der Waals surface area contributed by atoms with Crippen molar-refractivity contribution in [3.8, 4) is 17.2 Å². The first-order valence-electron chi connectivity index (χ1n) is 13.8. The quantitative estimate of drug-likeness (QED) is 0.240. The van der Waals surface area contributed by atoms with E-state index in [1.165, 1.54) is 28.0 Å². The van der Waals surface area contributed by atoms with Gasteiger partial charge >= 0.3 is 5.97 Å². The summed E-state index contributed by atoms with van der Waals surface area (Å²) in [7, 11) is 1.54. The fourth-order valence-electron chi connectivity index (χ4n) is 4.85. The summed E-state index contributed by atoms with van der Waals surface area (Å²) >= 11 is 1.24. The molecular weight excluding hydrogens is 571 g/mol. The summed E-state index contributed by atoms with van der Waals surface area (Å²) in [5, 5.41) is 0. The molecule has 0 spiro atoms. The number of carbonyl (C=O) groups excluding carboxylic acids is 1. The molecule has 0 bridgehead atoms. The minimum Gasteiger partial charge on any atom is -0.493 e. The molecular formula is C33H31FN2O6S. The summed E-state index contributed by atoms with van der Waals surface area (Å²) < 4.78 is 37.9. The molecule has 0 saturated carbocycles. The van der Waals surface area contributed by atoms with Crippen LogP contribution in [0.5, 0.6) is 17.2 Å². The molecule has 10 heteroatoms. The normalized spacial score (nSPS) is 14.6. The van der Waals surface area contributed by atoms with Crippen molar-refractivity contribution in [3.63, 3.8) is 0 Å². The fourth-order valence-corrected chi connectivity index (χ4v) is 5.90. The highest BCUT2D eigenvalue weighted by molar-refractivity contribution is 7.07. The number of ether oxygens (including phenoxy) is 4. The Bertz CT molecular complexity index is 1840. The van der Waals surface area contributed by atoms with Crippen LogP contribution in [0.3, 0.4) is 0 Å². The predicted octanol–water partition coefficient (Wildman–Crippen LogP) is 4.92. The zero-order chi connectivity index (χ0) is 30.5. The van der Waals surface area contributed by atoms with Gasteiger partial charge in [-0.25, -0.2) is 14.2 Å². The Hall–Kier alpha value is -4.70. The van der Waals surface area contributed by atoms with Crippen molar-refractivity contribution >= 4 is 23.4 Å². The number of benzene rings is 3. The lowest BCUT2D eigenvalue weighted by Gasteiger charge is -2.26. The van der Waals surface area contributed by atoms with Crippen LogP contribution in [-0.2, 0) is 16.1 Å². The molecule has 0 fully saturated rings. The summed E-state index contributed by atoms with van der Waals surface area (Å²) in [6.45, 7) is 6.15. The van der Waals surface area contributed by atoms with E-state index in [0.717, 1.165) is 11.1 Å². The SMILES string of the molecule is CCOC(=O)C1=C(C)N=c2sc(=Cc3ccc(OCc4ccc(F)cc4)cc3)c(=O)n2[C@H]1c1cccc(OC)c1OCC. The maximum atomic E-state index is 14.0. The van der Waals surface area contributed by atoms with Crippen molar-refractivity contribution in [3.05, 3.63) is 120 Å². The zero-order valence-electron chi connectivity index (χ0n) is 24.3. The Morgan fingerprint density at radius 2 is 1.77 bits per heavy atom. The Morgan fingerprint density at radius 1 is 1.02 bits per heavy atom. The van der Waals surface area contributed by atoms with Crippen molar-refractivity contribution < 1.29 is 28.1 Å². The second-order valence-corrected chi connectivity index (χ2v) is 10.6. The van der Waals surface area contributed by atoms with Gasteiger partial charge in [0.25, 0.3) is 5.56 Å². The van der Waals surface area contributed by atoms with E-state index in [1.807, 2.05) is 37.3 Å². The van der Waals surface area contributed by atoms with Gasteiger partial charge in [-0.1, -0.05) is 47.7 Å². The third-order valence-corrected chi connectivity index (χ3v) is 7.81. The van der Waals surface area contributed by atoms with Crippen LogP contribution in [0, 0.1) is 5.82 Å². The van der Waals surface area contributed by atoms with Gasteiger partial charge in [0.1, 0.15) is 24.2 Å². The van der Waals surface area contributed by atoms with Gasteiger partial charge in [-0.05, 0) is 68.3 Å². The van der Waals surface area contributed by atoms with Gasteiger partial charge in [0.15, 0.2) is 16.3 Å². The van der Waals surface area contributed by atoms with Crippen molar-refractivity contribution in [2.24, 2.45) is 4.99 Å². The van der Waals surface area contributed by atoms with E-state index < -0.39 is 12.0 Å². The molecule has 0 aliphatic carbocycles. The number of hydrogen-bond donors (Lipinski definition) is 0. The van der Waals surface area contributed by atoms with Gasteiger partial charge in [0.05, 0.1) is 36.1 Å². The van der Waals surface area contributed by atoms with Gasteiger partial charge in [0.2, 0.25) is 0 Å². The van der Waals surface area contributed by atoms with Gasteiger partial charge in [0, 0.05) is 5.56 Å². The first kappa shape index (κ1) is 29.8. The Kier molecular flexibility index (Phi) is 9.06. The lowest BCUT2D eigenvalue weighted by Crippen LogP contribution is -2.40. The number of aromatic nitrogens is 1. The van der Waals surface area contributed by atoms with Crippen molar-refractivity contribution in [1.82, 2.24) is 4.57 Å². The number of esters is 1. The van der Waals surface area contributed by atoms with Gasteiger partial charge in [-0.2, -0.15) is 0 Å². The summed E-state index contributed by atoms with van der Waals surface area (Å²) in [6, 6.07) is 18.0. The van der Waals surface area contributed by atoms with Gasteiger partial charge in [-0.3, -0.25) is 9.36 Å². The Labute approximate surface area is 252 Å².